The second kappa shape index (κ2) is 6.99. The molecule has 0 aromatic rings. The molecular weight excluding hydrogens is 154 g/mol. The molecule has 0 aliphatic heterocycles. The largest absolute Gasteiger partial charge is 0.327 e. The molecule has 0 aromatic heterocycles. The summed E-state index contributed by atoms with van der Waals surface area (Å²) in [6, 6.07) is 0.495. The lowest BCUT2D eigenvalue weighted by Gasteiger charge is -2.12. The van der Waals surface area contributed by atoms with Gasteiger partial charge in [0.05, 0.1) is 0 Å². The fraction of sp³-hybridized carbons (Fsp3) is 1.00. The second-order valence-electron chi connectivity index (χ2n) is 2.59. The van der Waals surface area contributed by atoms with E-state index in [0.717, 1.165) is 5.25 Å². The third-order valence-electron chi connectivity index (χ3n) is 1.88. The lowest BCUT2D eigenvalue weighted by molar-refractivity contribution is 0.716. The van der Waals surface area contributed by atoms with Gasteiger partial charge in [-0.15, -0.1) is 0 Å². The summed E-state index contributed by atoms with van der Waals surface area (Å²) in [5.41, 5.74) is 5.84. The van der Waals surface area contributed by atoms with Crippen LogP contribution in [0, 0.1) is 0 Å². The van der Waals surface area contributed by atoms with E-state index in [-0.39, 0.29) is 0 Å². The predicted octanol–water partition coefficient (Wildman–Crippen LogP) is 2.65. The van der Waals surface area contributed by atoms with Crippen molar-refractivity contribution in [1.29, 1.82) is 0 Å². The lowest BCUT2D eigenvalue weighted by Crippen LogP contribution is -2.26. The molecule has 1 saturated carbocycles. The van der Waals surface area contributed by atoms with Gasteiger partial charge in [-0.25, -0.2) is 0 Å². The normalized spacial score (nSPS) is 29.5. The summed E-state index contributed by atoms with van der Waals surface area (Å²) >= 11 is 2.02. The first-order valence-electron chi connectivity index (χ1n) is 4.71. The highest BCUT2D eigenvalue weighted by molar-refractivity contribution is 7.99. The zero-order valence-electron chi connectivity index (χ0n) is 7.97. The van der Waals surface area contributed by atoms with Crippen LogP contribution in [0.5, 0.6) is 0 Å². The first-order chi connectivity index (χ1) is 5.34. The number of nitrogens with two attached hydrogens (primary N) is 1. The average molecular weight is 175 g/mol. The highest BCUT2D eigenvalue weighted by Gasteiger charge is 2.22. The van der Waals surface area contributed by atoms with Crippen LogP contribution in [0.1, 0.15) is 40.0 Å². The number of thioether (sulfide) groups is 1. The number of hydrogen-bond donors (Lipinski definition) is 1. The Balaban J connectivity index is 0.000000461. The van der Waals surface area contributed by atoms with Gasteiger partial charge in [0.15, 0.2) is 0 Å². The van der Waals surface area contributed by atoms with Gasteiger partial charge >= 0.3 is 0 Å². The van der Waals surface area contributed by atoms with Crippen molar-refractivity contribution in [2.45, 2.75) is 51.3 Å². The van der Waals surface area contributed by atoms with Gasteiger partial charge in [0.25, 0.3) is 0 Å². The summed E-state index contributed by atoms with van der Waals surface area (Å²) in [5.74, 6) is 1.22. The Morgan fingerprint density at radius 2 is 2.00 bits per heavy atom. The van der Waals surface area contributed by atoms with Gasteiger partial charge in [-0.2, -0.15) is 11.8 Å². The van der Waals surface area contributed by atoms with Gasteiger partial charge in [-0.3, -0.25) is 0 Å². The summed E-state index contributed by atoms with van der Waals surface area (Å²) < 4.78 is 0. The first-order valence-corrected chi connectivity index (χ1v) is 5.76. The molecule has 0 heterocycles. The molecule has 0 aromatic carbocycles. The van der Waals surface area contributed by atoms with Crippen molar-refractivity contribution in [1.82, 2.24) is 0 Å². The third kappa shape index (κ3) is 4.02. The zero-order valence-corrected chi connectivity index (χ0v) is 8.79. The van der Waals surface area contributed by atoms with E-state index in [1.54, 1.807) is 0 Å². The molecule has 1 aliphatic rings. The molecule has 0 radical (unpaired) electrons. The summed E-state index contributed by atoms with van der Waals surface area (Å²) in [6.45, 7) is 6.20. The fourth-order valence-corrected chi connectivity index (χ4v) is 2.52. The van der Waals surface area contributed by atoms with E-state index in [1.807, 2.05) is 25.6 Å². The van der Waals surface area contributed by atoms with Gasteiger partial charge in [0, 0.05) is 11.3 Å². The van der Waals surface area contributed by atoms with Crippen molar-refractivity contribution in [3.05, 3.63) is 0 Å². The highest BCUT2D eigenvalue weighted by atomic mass is 32.2. The molecule has 0 spiro atoms. The van der Waals surface area contributed by atoms with E-state index < -0.39 is 0 Å². The van der Waals surface area contributed by atoms with E-state index in [0.29, 0.717) is 6.04 Å². The molecule has 2 N–H and O–H groups in total. The second-order valence-corrected chi connectivity index (χ2v) is 4.10. The van der Waals surface area contributed by atoms with Gasteiger partial charge < -0.3 is 5.73 Å². The standard InChI is InChI=1S/C7H15NS.C2H6/c1-2-9-7-5-3-4-6(7)8;1-2/h6-7H,2-5,8H2,1H3;1-2H3. The summed E-state index contributed by atoms with van der Waals surface area (Å²) in [5, 5.41) is 0.773. The predicted molar refractivity (Wildman–Crippen MR) is 55.1 cm³/mol. The SMILES string of the molecule is CC.CCSC1CCCC1N. The molecule has 11 heavy (non-hydrogen) atoms. The van der Waals surface area contributed by atoms with Crippen LogP contribution < -0.4 is 5.73 Å². The average Bonchev–Trinajstić information content (AvgIpc) is 2.42. The van der Waals surface area contributed by atoms with Gasteiger partial charge in [0.2, 0.25) is 0 Å². The molecule has 68 valence electrons. The van der Waals surface area contributed by atoms with Crippen molar-refractivity contribution in [3.63, 3.8) is 0 Å². The molecule has 2 unspecified atom stereocenters. The smallest absolute Gasteiger partial charge is 0.0198 e. The van der Waals surface area contributed by atoms with E-state index >= 15 is 0 Å². The first kappa shape index (κ1) is 11.3. The molecule has 1 rings (SSSR count). The molecular formula is C9H21NS. The minimum absolute atomic E-state index is 0.495. The van der Waals surface area contributed by atoms with Crippen molar-refractivity contribution >= 4 is 11.8 Å². The van der Waals surface area contributed by atoms with Crippen LogP contribution in [0.25, 0.3) is 0 Å². The Bertz CT molecular complexity index is 85.6. The van der Waals surface area contributed by atoms with E-state index in [1.165, 1.54) is 25.0 Å². The molecule has 1 fully saturated rings. The summed E-state index contributed by atoms with van der Waals surface area (Å²) in [4.78, 5) is 0. The van der Waals surface area contributed by atoms with Crippen LogP contribution >= 0.6 is 11.8 Å². The monoisotopic (exact) mass is 175 g/mol. The Hall–Kier alpha value is 0.310. The Labute approximate surface area is 75.1 Å². The van der Waals surface area contributed by atoms with E-state index in [2.05, 4.69) is 6.92 Å². The lowest BCUT2D eigenvalue weighted by atomic mass is 10.3. The van der Waals surface area contributed by atoms with Gasteiger partial charge in [-0.05, 0) is 18.6 Å². The van der Waals surface area contributed by atoms with E-state index in [9.17, 15) is 0 Å². The van der Waals surface area contributed by atoms with Crippen molar-refractivity contribution in [2.24, 2.45) is 5.73 Å². The van der Waals surface area contributed by atoms with Crippen LogP contribution in [0.4, 0.5) is 0 Å². The Morgan fingerprint density at radius 3 is 2.36 bits per heavy atom. The molecule has 2 heteroatoms. The summed E-state index contributed by atoms with van der Waals surface area (Å²) in [7, 11) is 0. The van der Waals surface area contributed by atoms with Crippen LogP contribution in [0.15, 0.2) is 0 Å². The third-order valence-corrected chi connectivity index (χ3v) is 3.23. The molecule has 1 nitrogen and oxygen atoms in total. The maximum Gasteiger partial charge on any atom is 0.0198 e. The molecule has 1 aliphatic carbocycles. The van der Waals surface area contributed by atoms with Gasteiger partial charge in [-0.1, -0.05) is 27.2 Å². The number of hydrogen-bond acceptors (Lipinski definition) is 2. The number of rotatable bonds is 2. The van der Waals surface area contributed by atoms with Crippen molar-refractivity contribution in [3.8, 4) is 0 Å². The summed E-state index contributed by atoms with van der Waals surface area (Å²) in [6.07, 6.45) is 3.94. The quantitative estimate of drug-likeness (QED) is 0.698. The Morgan fingerprint density at radius 1 is 1.36 bits per heavy atom. The van der Waals surface area contributed by atoms with Crippen LogP contribution in [-0.2, 0) is 0 Å². The van der Waals surface area contributed by atoms with Gasteiger partial charge in [0.1, 0.15) is 0 Å². The highest BCUT2D eigenvalue weighted by Crippen LogP contribution is 2.28. The minimum Gasteiger partial charge on any atom is -0.327 e. The maximum atomic E-state index is 5.84. The molecule has 0 bridgehead atoms. The fourth-order valence-electron chi connectivity index (χ4n) is 1.38. The van der Waals surface area contributed by atoms with E-state index in [4.69, 9.17) is 5.73 Å². The van der Waals surface area contributed by atoms with Crippen LogP contribution in [0.3, 0.4) is 0 Å². The van der Waals surface area contributed by atoms with Crippen LogP contribution in [-0.4, -0.2) is 17.0 Å². The maximum absolute atomic E-state index is 5.84. The molecule has 0 amide bonds. The van der Waals surface area contributed by atoms with Crippen molar-refractivity contribution in [2.75, 3.05) is 5.75 Å². The molecule has 2 atom stereocenters. The topological polar surface area (TPSA) is 26.0 Å². The van der Waals surface area contributed by atoms with Crippen LogP contribution in [0.2, 0.25) is 0 Å². The zero-order chi connectivity index (χ0) is 8.69. The Kier molecular flexibility index (Phi) is 7.18. The molecule has 0 saturated heterocycles. The minimum atomic E-state index is 0.495. The van der Waals surface area contributed by atoms with Crippen molar-refractivity contribution < 1.29 is 0 Å².